The number of ether oxygens (including phenoxy) is 3. The monoisotopic (exact) mass is 443 g/mol. The quantitative estimate of drug-likeness (QED) is 0.386. The highest BCUT2D eigenvalue weighted by Crippen LogP contribution is 2.27. The molecular formula is C23H33N5O4. The first kappa shape index (κ1) is 23.6. The Hall–Kier alpha value is -3.07. The fourth-order valence-electron chi connectivity index (χ4n) is 3.49. The van der Waals surface area contributed by atoms with Gasteiger partial charge in [0, 0.05) is 25.0 Å². The number of nitrogens with zero attached hydrogens (tertiary/aromatic N) is 4. The van der Waals surface area contributed by atoms with Crippen LogP contribution in [0.15, 0.2) is 24.4 Å². The van der Waals surface area contributed by atoms with Crippen molar-refractivity contribution < 1.29 is 19.3 Å². The van der Waals surface area contributed by atoms with Gasteiger partial charge in [-0.1, -0.05) is 26.7 Å². The summed E-state index contributed by atoms with van der Waals surface area (Å²) in [7, 11) is 1.64. The van der Waals surface area contributed by atoms with Gasteiger partial charge in [-0.2, -0.15) is 4.98 Å². The van der Waals surface area contributed by atoms with Crippen molar-refractivity contribution in [2.24, 2.45) is 0 Å². The first-order chi connectivity index (χ1) is 15.6. The minimum atomic E-state index is -0.175. The minimum absolute atomic E-state index is 0.0369. The van der Waals surface area contributed by atoms with Crippen LogP contribution in [-0.2, 0) is 6.42 Å². The van der Waals surface area contributed by atoms with E-state index in [2.05, 4.69) is 28.9 Å². The molecule has 0 aliphatic rings. The molecule has 0 saturated heterocycles. The van der Waals surface area contributed by atoms with Crippen LogP contribution in [0.1, 0.15) is 57.2 Å². The van der Waals surface area contributed by atoms with Crippen molar-refractivity contribution in [1.29, 1.82) is 0 Å². The largest absolute Gasteiger partial charge is 0.496 e. The summed E-state index contributed by atoms with van der Waals surface area (Å²) in [5, 5.41) is 13.8. The van der Waals surface area contributed by atoms with Crippen molar-refractivity contribution >= 4 is 11.5 Å². The van der Waals surface area contributed by atoms with Gasteiger partial charge in [0.1, 0.15) is 17.6 Å². The number of hydrogen-bond donors (Lipinski definition) is 2. The molecule has 3 aromatic rings. The number of fused-ring (bicyclic) bond motifs is 1. The maximum absolute atomic E-state index is 9.30. The molecule has 2 heterocycles. The molecule has 0 saturated carbocycles. The van der Waals surface area contributed by atoms with E-state index in [-0.39, 0.29) is 24.5 Å². The smallest absolute Gasteiger partial charge is 0.336 e. The fraction of sp³-hybridized carbons (Fsp3) is 0.522. The summed E-state index contributed by atoms with van der Waals surface area (Å²) in [5.41, 5.74) is 8.36. The normalized spacial score (nSPS) is 12.1. The van der Waals surface area contributed by atoms with Gasteiger partial charge in [0.05, 0.1) is 25.6 Å². The van der Waals surface area contributed by atoms with Crippen molar-refractivity contribution in [2.45, 2.75) is 58.5 Å². The SMILES string of the molecule is CCCCOc1ccc(OC)c(Cc2cnc3c(N)nc(OC(CCC)CCO)nn23)c1. The number of nitrogen functional groups attached to an aromatic ring is 1. The molecule has 0 aliphatic carbocycles. The van der Waals surface area contributed by atoms with Gasteiger partial charge in [0.15, 0.2) is 11.5 Å². The Morgan fingerprint density at radius 2 is 2.03 bits per heavy atom. The van der Waals surface area contributed by atoms with E-state index in [0.29, 0.717) is 25.1 Å². The van der Waals surface area contributed by atoms with Gasteiger partial charge in [0.2, 0.25) is 0 Å². The number of aliphatic hydroxyl groups excluding tert-OH is 1. The second-order valence-electron chi connectivity index (χ2n) is 7.66. The van der Waals surface area contributed by atoms with Gasteiger partial charge in [-0.15, -0.1) is 5.10 Å². The second kappa shape index (κ2) is 11.5. The van der Waals surface area contributed by atoms with E-state index in [1.54, 1.807) is 17.8 Å². The maximum atomic E-state index is 9.30. The number of rotatable bonds is 13. The average molecular weight is 444 g/mol. The van der Waals surface area contributed by atoms with Crippen LogP contribution in [0.25, 0.3) is 5.65 Å². The Bertz CT molecular complexity index is 1000. The molecule has 0 spiro atoms. The molecule has 174 valence electrons. The average Bonchev–Trinajstić information content (AvgIpc) is 3.18. The van der Waals surface area contributed by atoms with E-state index in [1.807, 2.05) is 18.2 Å². The van der Waals surface area contributed by atoms with Crippen molar-refractivity contribution in [3.05, 3.63) is 35.7 Å². The molecule has 9 heteroatoms. The van der Waals surface area contributed by atoms with Gasteiger partial charge in [-0.05, 0) is 31.0 Å². The summed E-state index contributed by atoms with van der Waals surface area (Å²) in [6.45, 7) is 4.91. The van der Waals surface area contributed by atoms with Crippen molar-refractivity contribution in [3.8, 4) is 17.5 Å². The second-order valence-corrected chi connectivity index (χ2v) is 7.66. The first-order valence-corrected chi connectivity index (χ1v) is 11.2. The number of benzene rings is 1. The summed E-state index contributed by atoms with van der Waals surface area (Å²) < 4.78 is 19.0. The molecule has 1 aromatic carbocycles. The highest BCUT2D eigenvalue weighted by molar-refractivity contribution is 5.60. The Morgan fingerprint density at radius 1 is 1.19 bits per heavy atom. The zero-order valence-electron chi connectivity index (χ0n) is 19.1. The Kier molecular flexibility index (Phi) is 8.49. The van der Waals surface area contributed by atoms with E-state index in [9.17, 15) is 5.11 Å². The number of nitrogens with two attached hydrogens (primary N) is 1. The lowest BCUT2D eigenvalue weighted by atomic mass is 10.1. The third-order valence-corrected chi connectivity index (χ3v) is 5.16. The number of unbranched alkanes of at least 4 members (excludes halogenated alkanes) is 1. The van der Waals surface area contributed by atoms with E-state index in [1.165, 1.54) is 0 Å². The third-order valence-electron chi connectivity index (χ3n) is 5.16. The van der Waals surface area contributed by atoms with Gasteiger partial charge < -0.3 is 25.1 Å². The van der Waals surface area contributed by atoms with Crippen LogP contribution in [0.3, 0.4) is 0 Å². The number of aliphatic hydroxyl groups is 1. The summed E-state index contributed by atoms with van der Waals surface area (Å²) in [5.74, 6) is 1.80. The van der Waals surface area contributed by atoms with Crippen LogP contribution in [0.5, 0.6) is 17.5 Å². The maximum Gasteiger partial charge on any atom is 0.336 e. The molecular weight excluding hydrogens is 410 g/mol. The van der Waals surface area contributed by atoms with Crippen LogP contribution in [-0.4, -0.2) is 51.1 Å². The highest BCUT2D eigenvalue weighted by atomic mass is 16.5. The molecule has 3 N–H and O–H groups in total. The zero-order valence-corrected chi connectivity index (χ0v) is 19.1. The van der Waals surface area contributed by atoms with E-state index >= 15 is 0 Å². The van der Waals surface area contributed by atoms with Crippen molar-refractivity contribution in [3.63, 3.8) is 0 Å². The summed E-state index contributed by atoms with van der Waals surface area (Å²) in [6.07, 6.45) is 6.37. The Balaban J connectivity index is 1.89. The highest BCUT2D eigenvalue weighted by Gasteiger charge is 2.17. The fourth-order valence-corrected chi connectivity index (χ4v) is 3.49. The summed E-state index contributed by atoms with van der Waals surface area (Å²) >= 11 is 0. The lowest BCUT2D eigenvalue weighted by Crippen LogP contribution is -2.20. The van der Waals surface area contributed by atoms with Gasteiger partial charge in [0.25, 0.3) is 0 Å². The number of imidazole rings is 1. The van der Waals surface area contributed by atoms with Crippen LogP contribution in [0, 0.1) is 0 Å². The molecule has 1 unspecified atom stereocenters. The molecule has 0 amide bonds. The number of hydrogen-bond acceptors (Lipinski definition) is 8. The van der Waals surface area contributed by atoms with Gasteiger partial charge >= 0.3 is 6.01 Å². The molecule has 32 heavy (non-hydrogen) atoms. The van der Waals surface area contributed by atoms with E-state index in [4.69, 9.17) is 19.9 Å². The number of aromatic nitrogens is 4. The zero-order chi connectivity index (χ0) is 22.9. The minimum Gasteiger partial charge on any atom is -0.496 e. The lowest BCUT2D eigenvalue weighted by molar-refractivity contribution is 0.133. The molecule has 9 nitrogen and oxygen atoms in total. The van der Waals surface area contributed by atoms with E-state index in [0.717, 1.165) is 48.4 Å². The van der Waals surface area contributed by atoms with Crippen LogP contribution in [0.4, 0.5) is 5.82 Å². The van der Waals surface area contributed by atoms with Crippen LogP contribution >= 0.6 is 0 Å². The molecule has 0 bridgehead atoms. The first-order valence-electron chi connectivity index (χ1n) is 11.2. The van der Waals surface area contributed by atoms with Crippen molar-refractivity contribution in [1.82, 2.24) is 19.6 Å². The molecule has 3 rings (SSSR count). The standard InChI is InChI=1S/C23H33N5O4/c1-4-6-12-31-19-8-9-20(30-3)16(14-19)13-17-15-25-22-21(24)26-23(27-28(17)22)32-18(7-5-2)10-11-29/h8-9,14-15,18,29H,4-7,10-13H2,1-3H3,(H2,24,26,27). The molecule has 2 aromatic heterocycles. The van der Waals surface area contributed by atoms with Crippen LogP contribution < -0.4 is 19.9 Å². The predicted octanol–water partition coefficient (Wildman–Crippen LogP) is 3.41. The molecule has 0 aliphatic heterocycles. The number of methoxy groups -OCH3 is 1. The molecule has 1 atom stereocenters. The summed E-state index contributed by atoms with van der Waals surface area (Å²) in [4.78, 5) is 8.64. The topological polar surface area (TPSA) is 117 Å². The summed E-state index contributed by atoms with van der Waals surface area (Å²) in [6, 6.07) is 5.97. The third kappa shape index (κ3) is 5.79. The molecule has 0 radical (unpaired) electrons. The van der Waals surface area contributed by atoms with E-state index < -0.39 is 0 Å². The Morgan fingerprint density at radius 3 is 2.75 bits per heavy atom. The number of anilines is 1. The Labute approximate surface area is 188 Å². The lowest BCUT2D eigenvalue weighted by Gasteiger charge is -2.16. The predicted molar refractivity (Wildman–Crippen MR) is 122 cm³/mol. The van der Waals surface area contributed by atoms with Crippen molar-refractivity contribution in [2.75, 3.05) is 26.1 Å². The van der Waals surface area contributed by atoms with Crippen LogP contribution in [0.2, 0.25) is 0 Å². The molecule has 0 fully saturated rings. The van der Waals surface area contributed by atoms with Gasteiger partial charge in [-0.25, -0.2) is 9.50 Å². The van der Waals surface area contributed by atoms with Gasteiger partial charge in [-0.3, -0.25) is 0 Å².